The minimum atomic E-state index is -5.08. The van der Waals surface area contributed by atoms with Crippen molar-refractivity contribution in [3.63, 3.8) is 0 Å². The lowest BCUT2D eigenvalue weighted by Gasteiger charge is -2.14. The molecule has 1 atom stereocenters. The standard InChI is InChI=1S/C18H19N5O2.C2HF3O2/c1-23-7-5-15(11-23)25-14-4-6-19-17(9-14)18(24)21-13-2-3-16-12(8-13)10-20-22-16;3-2(4,5)1(6)7/h2-4,6,8-10,15H,5,7,11H2,1H3,(H,20,22)(H,21,24);(H,6,7)/t15-;/m1./s1. The predicted octanol–water partition coefficient (Wildman–Crippen LogP) is 2.93. The van der Waals surface area contributed by atoms with Crippen LogP contribution in [0.15, 0.2) is 42.7 Å². The number of fused-ring (bicyclic) bond motifs is 1. The third kappa shape index (κ3) is 6.17. The quantitative estimate of drug-likeness (QED) is 0.558. The van der Waals surface area contributed by atoms with E-state index in [9.17, 15) is 18.0 Å². The second kappa shape index (κ2) is 9.64. The van der Waals surface area contributed by atoms with E-state index < -0.39 is 12.1 Å². The number of rotatable bonds is 4. The highest BCUT2D eigenvalue weighted by Crippen LogP contribution is 2.20. The van der Waals surface area contributed by atoms with Gasteiger partial charge in [0.25, 0.3) is 5.91 Å². The Labute approximate surface area is 180 Å². The molecule has 3 N–H and O–H groups in total. The van der Waals surface area contributed by atoms with Gasteiger partial charge in [-0.15, -0.1) is 0 Å². The van der Waals surface area contributed by atoms with Gasteiger partial charge in [0, 0.05) is 36.4 Å². The van der Waals surface area contributed by atoms with Crippen molar-refractivity contribution in [3.8, 4) is 5.75 Å². The molecule has 1 fully saturated rings. The highest BCUT2D eigenvalue weighted by Gasteiger charge is 2.38. The molecule has 0 aliphatic carbocycles. The van der Waals surface area contributed by atoms with Gasteiger partial charge in [0.15, 0.2) is 0 Å². The Kier molecular flexibility index (Phi) is 6.93. The van der Waals surface area contributed by atoms with Crippen molar-refractivity contribution in [2.45, 2.75) is 18.7 Å². The van der Waals surface area contributed by atoms with E-state index in [0.29, 0.717) is 17.1 Å². The third-order valence-corrected chi connectivity index (χ3v) is 4.56. The van der Waals surface area contributed by atoms with Crippen LogP contribution >= 0.6 is 0 Å². The molecule has 4 rings (SSSR count). The van der Waals surface area contributed by atoms with Crippen LogP contribution in [0.25, 0.3) is 10.9 Å². The molecule has 0 bridgehead atoms. The Morgan fingerprint density at radius 3 is 2.69 bits per heavy atom. The number of likely N-dealkylation sites (N-methyl/N-ethyl adjacent to an activating group) is 1. The molecule has 170 valence electrons. The number of alkyl halides is 3. The summed E-state index contributed by atoms with van der Waals surface area (Å²) in [4.78, 5) is 27.7. The number of hydrogen-bond donors (Lipinski definition) is 3. The molecule has 2 aromatic heterocycles. The zero-order chi connectivity index (χ0) is 23.3. The monoisotopic (exact) mass is 451 g/mol. The average Bonchev–Trinajstić information content (AvgIpc) is 3.36. The van der Waals surface area contributed by atoms with Crippen LogP contribution in [0.3, 0.4) is 0 Å². The lowest BCUT2D eigenvalue weighted by molar-refractivity contribution is -0.192. The van der Waals surface area contributed by atoms with Crippen molar-refractivity contribution in [2.24, 2.45) is 0 Å². The molecule has 1 aliphatic heterocycles. The summed E-state index contributed by atoms with van der Waals surface area (Å²) in [6, 6.07) is 9.04. The maximum absolute atomic E-state index is 12.5. The van der Waals surface area contributed by atoms with Gasteiger partial charge in [0.05, 0.1) is 11.7 Å². The number of carboxylic acid groups (broad SMARTS) is 1. The number of nitrogens with one attached hydrogen (secondary N) is 2. The van der Waals surface area contributed by atoms with Crippen LogP contribution in [0.5, 0.6) is 5.75 Å². The summed E-state index contributed by atoms with van der Waals surface area (Å²) in [5, 5.41) is 17.8. The maximum atomic E-state index is 12.5. The van der Waals surface area contributed by atoms with Crippen molar-refractivity contribution in [2.75, 3.05) is 25.5 Å². The fourth-order valence-corrected chi connectivity index (χ4v) is 3.01. The molecule has 1 aliphatic rings. The first kappa shape index (κ1) is 23.0. The summed E-state index contributed by atoms with van der Waals surface area (Å²) in [7, 11) is 2.08. The molecule has 9 nitrogen and oxygen atoms in total. The summed E-state index contributed by atoms with van der Waals surface area (Å²) < 4.78 is 37.7. The number of amides is 1. The third-order valence-electron chi connectivity index (χ3n) is 4.56. The van der Waals surface area contributed by atoms with E-state index in [1.807, 2.05) is 18.2 Å². The number of nitrogens with zero attached hydrogens (tertiary/aromatic N) is 3. The lowest BCUT2D eigenvalue weighted by Crippen LogP contribution is -2.21. The largest absolute Gasteiger partial charge is 0.490 e. The smallest absolute Gasteiger partial charge is 0.489 e. The van der Waals surface area contributed by atoms with Gasteiger partial charge in [-0.3, -0.25) is 14.9 Å². The number of anilines is 1. The molecule has 1 amide bonds. The van der Waals surface area contributed by atoms with Crippen LogP contribution in [-0.4, -0.2) is 69.5 Å². The molecular formula is C20H20F3N5O4. The number of pyridine rings is 1. The van der Waals surface area contributed by atoms with Crippen LogP contribution in [-0.2, 0) is 4.79 Å². The summed E-state index contributed by atoms with van der Waals surface area (Å²) in [5.74, 6) is -2.35. The topological polar surface area (TPSA) is 120 Å². The average molecular weight is 451 g/mol. The van der Waals surface area contributed by atoms with E-state index in [4.69, 9.17) is 14.6 Å². The number of halogens is 3. The highest BCUT2D eigenvalue weighted by atomic mass is 19.4. The molecule has 1 aromatic carbocycles. The zero-order valence-electron chi connectivity index (χ0n) is 16.9. The van der Waals surface area contributed by atoms with Gasteiger partial charge in [-0.1, -0.05) is 0 Å². The normalized spacial score (nSPS) is 16.3. The number of carbonyl (C=O) groups is 2. The van der Waals surface area contributed by atoms with Crippen molar-refractivity contribution in [1.82, 2.24) is 20.1 Å². The van der Waals surface area contributed by atoms with Crippen LogP contribution < -0.4 is 10.1 Å². The Morgan fingerprint density at radius 1 is 1.28 bits per heavy atom. The van der Waals surface area contributed by atoms with Crippen LogP contribution in [0.2, 0.25) is 0 Å². The lowest BCUT2D eigenvalue weighted by atomic mass is 10.2. The number of aliphatic carboxylic acids is 1. The Balaban J connectivity index is 0.000000360. The molecule has 0 radical (unpaired) electrons. The Hall–Kier alpha value is -3.67. The SMILES string of the molecule is CN1CC[C@@H](Oc2ccnc(C(=O)Nc3ccc4[nH]ncc4c3)c2)C1.O=C(O)C(F)(F)F. The molecule has 32 heavy (non-hydrogen) atoms. The van der Waals surface area contributed by atoms with Crippen molar-refractivity contribution in [1.29, 1.82) is 0 Å². The van der Waals surface area contributed by atoms with Gasteiger partial charge >= 0.3 is 12.1 Å². The molecule has 0 spiro atoms. The predicted molar refractivity (Wildman–Crippen MR) is 109 cm³/mol. The Bertz CT molecular complexity index is 1100. The highest BCUT2D eigenvalue weighted by molar-refractivity contribution is 6.03. The Morgan fingerprint density at radius 2 is 2.03 bits per heavy atom. The fraction of sp³-hybridized carbons (Fsp3) is 0.300. The van der Waals surface area contributed by atoms with E-state index in [-0.39, 0.29) is 12.0 Å². The molecule has 12 heteroatoms. The van der Waals surface area contributed by atoms with E-state index in [1.165, 1.54) is 0 Å². The summed E-state index contributed by atoms with van der Waals surface area (Å²) >= 11 is 0. The number of likely N-dealkylation sites (tertiary alicyclic amines) is 1. The molecular weight excluding hydrogens is 431 g/mol. The number of carboxylic acids is 1. The van der Waals surface area contributed by atoms with Crippen LogP contribution in [0.4, 0.5) is 18.9 Å². The molecule has 0 unspecified atom stereocenters. The number of benzene rings is 1. The molecule has 1 saturated heterocycles. The number of carbonyl (C=O) groups excluding carboxylic acids is 1. The van der Waals surface area contributed by atoms with Gasteiger partial charge in [-0.2, -0.15) is 18.3 Å². The van der Waals surface area contributed by atoms with Crippen LogP contribution in [0.1, 0.15) is 16.9 Å². The van der Waals surface area contributed by atoms with Gasteiger partial charge in [-0.25, -0.2) is 4.79 Å². The van der Waals surface area contributed by atoms with Crippen molar-refractivity contribution >= 4 is 28.5 Å². The van der Waals surface area contributed by atoms with Crippen molar-refractivity contribution in [3.05, 3.63) is 48.4 Å². The first-order valence-electron chi connectivity index (χ1n) is 9.47. The second-order valence-electron chi connectivity index (χ2n) is 7.10. The summed E-state index contributed by atoms with van der Waals surface area (Å²) in [6.07, 6.45) is -0.615. The van der Waals surface area contributed by atoms with E-state index >= 15 is 0 Å². The molecule has 3 heterocycles. The number of ether oxygens (including phenoxy) is 1. The first-order chi connectivity index (χ1) is 15.1. The number of H-pyrrole nitrogens is 1. The van der Waals surface area contributed by atoms with E-state index in [0.717, 1.165) is 30.4 Å². The number of aromatic amines is 1. The minimum absolute atomic E-state index is 0.159. The van der Waals surface area contributed by atoms with Gasteiger partial charge in [0.2, 0.25) is 0 Å². The van der Waals surface area contributed by atoms with Gasteiger partial charge < -0.3 is 20.1 Å². The second-order valence-corrected chi connectivity index (χ2v) is 7.10. The number of aromatic nitrogens is 3. The first-order valence-corrected chi connectivity index (χ1v) is 9.47. The molecule has 3 aromatic rings. The fourth-order valence-electron chi connectivity index (χ4n) is 3.01. The number of hydrogen-bond acceptors (Lipinski definition) is 6. The molecule has 0 saturated carbocycles. The van der Waals surface area contributed by atoms with Gasteiger partial charge in [-0.05, 0) is 37.7 Å². The maximum Gasteiger partial charge on any atom is 0.490 e. The van der Waals surface area contributed by atoms with Gasteiger partial charge in [0.1, 0.15) is 17.5 Å². The van der Waals surface area contributed by atoms with E-state index in [1.54, 1.807) is 24.5 Å². The summed E-state index contributed by atoms with van der Waals surface area (Å²) in [5.41, 5.74) is 1.95. The van der Waals surface area contributed by atoms with E-state index in [2.05, 4.69) is 32.4 Å². The van der Waals surface area contributed by atoms with Crippen molar-refractivity contribution < 1.29 is 32.6 Å². The van der Waals surface area contributed by atoms with Crippen LogP contribution in [0, 0.1) is 0 Å². The zero-order valence-corrected chi connectivity index (χ0v) is 16.9. The summed E-state index contributed by atoms with van der Waals surface area (Å²) in [6.45, 7) is 1.92. The minimum Gasteiger partial charge on any atom is -0.489 e.